The van der Waals surface area contributed by atoms with Crippen LogP contribution >= 0.6 is 0 Å². The Balaban J connectivity index is 2.58. The first-order chi connectivity index (χ1) is 6.24. The number of hydrogen-bond acceptors (Lipinski definition) is 3. The molecule has 1 rings (SSSR count). The van der Waals surface area contributed by atoms with Gasteiger partial charge < -0.3 is 4.74 Å². The molecule has 0 radical (unpaired) electrons. The molecule has 0 saturated heterocycles. The van der Waals surface area contributed by atoms with Crippen LogP contribution in [0.2, 0.25) is 0 Å². The van der Waals surface area contributed by atoms with Gasteiger partial charge in [0.1, 0.15) is 0 Å². The molecule has 0 spiro atoms. The minimum atomic E-state index is -0.900. The van der Waals surface area contributed by atoms with Crippen LogP contribution in [0.4, 0.5) is 4.39 Å². The second-order valence-corrected chi connectivity index (χ2v) is 2.57. The third kappa shape index (κ3) is 2.85. The third-order valence-electron chi connectivity index (χ3n) is 1.47. The molecule has 1 N–H and O–H groups in total. The first-order valence-corrected chi connectivity index (χ1v) is 4.11. The van der Waals surface area contributed by atoms with Gasteiger partial charge in [-0.3, -0.25) is 9.78 Å². The van der Waals surface area contributed by atoms with Gasteiger partial charge in [0, 0.05) is 0 Å². The molecule has 0 bridgehead atoms. The number of halogens is 1. The fraction of sp³-hybridized carbons (Fsp3) is 0.500. The summed E-state index contributed by atoms with van der Waals surface area (Å²) in [5, 5.41) is 0. The zero-order valence-electron chi connectivity index (χ0n) is 7.34. The zero-order chi connectivity index (χ0) is 9.68. The van der Waals surface area contributed by atoms with Gasteiger partial charge in [0.25, 0.3) is 11.6 Å². The first-order valence-electron chi connectivity index (χ1n) is 4.11. The number of nitrogens with one attached hydrogen (secondary N) is 1. The predicted molar refractivity (Wildman–Crippen MR) is 45.2 cm³/mol. The Bertz CT molecular complexity index is 324. The molecule has 0 aliphatic heterocycles. The van der Waals surface area contributed by atoms with Crippen molar-refractivity contribution in [2.24, 2.45) is 0 Å². The molecule has 0 aliphatic carbocycles. The van der Waals surface area contributed by atoms with E-state index in [9.17, 15) is 9.18 Å². The van der Waals surface area contributed by atoms with Crippen molar-refractivity contribution in [1.82, 2.24) is 9.97 Å². The van der Waals surface area contributed by atoms with Crippen molar-refractivity contribution < 1.29 is 9.13 Å². The lowest BCUT2D eigenvalue weighted by Gasteiger charge is -2.01. The highest BCUT2D eigenvalue weighted by atomic mass is 19.1. The van der Waals surface area contributed by atoms with E-state index in [1.807, 2.05) is 6.92 Å². The summed E-state index contributed by atoms with van der Waals surface area (Å²) in [5.41, 5.74) is -0.804. The smallest absolute Gasteiger partial charge is 0.296 e. The number of aromatic amines is 1. The van der Waals surface area contributed by atoms with Crippen molar-refractivity contribution in [2.45, 2.75) is 19.8 Å². The van der Waals surface area contributed by atoms with Gasteiger partial charge in [0.15, 0.2) is 0 Å². The van der Waals surface area contributed by atoms with E-state index in [2.05, 4.69) is 9.97 Å². The second kappa shape index (κ2) is 4.59. The Labute approximate surface area is 74.8 Å². The maximum absolute atomic E-state index is 12.4. The summed E-state index contributed by atoms with van der Waals surface area (Å²) in [7, 11) is 0. The number of H-pyrrole nitrogens is 1. The maximum Gasteiger partial charge on any atom is 0.296 e. The van der Waals surface area contributed by atoms with Crippen LogP contribution in [0.25, 0.3) is 0 Å². The van der Waals surface area contributed by atoms with Crippen LogP contribution in [0.3, 0.4) is 0 Å². The molecule has 0 aromatic carbocycles. The maximum atomic E-state index is 12.4. The van der Waals surface area contributed by atoms with Crippen LogP contribution in [0.15, 0.2) is 11.0 Å². The SMILES string of the molecule is CCCCOc1ncc(F)c(=O)[nH]1. The topological polar surface area (TPSA) is 55.0 Å². The fourth-order valence-corrected chi connectivity index (χ4v) is 0.750. The molecule has 13 heavy (non-hydrogen) atoms. The van der Waals surface area contributed by atoms with Crippen LogP contribution in [0.5, 0.6) is 6.01 Å². The Morgan fingerprint density at radius 1 is 1.69 bits per heavy atom. The van der Waals surface area contributed by atoms with E-state index in [-0.39, 0.29) is 6.01 Å². The van der Waals surface area contributed by atoms with Crippen LogP contribution < -0.4 is 10.3 Å². The summed E-state index contributed by atoms with van der Waals surface area (Å²) in [6.07, 6.45) is 2.71. The van der Waals surface area contributed by atoms with E-state index in [0.717, 1.165) is 19.0 Å². The summed E-state index contributed by atoms with van der Waals surface area (Å²) in [6.45, 7) is 2.50. The number of unbranched alkanes of at least 4 members (excludes halogenated alkanes) is 1. The predicted octanol–water partition coefficient (Wildman–Crippen LogP) is 1.09. The minimum Gasteiger partial charge on any atom is -0.465 e. The summed E-state index contributed by atoms with van der Waals surface area (Å²) < 4.78 is 17.5. The third-order valence-corrected chi connectivity index (χ3v) is 1.47. The summed E-state index contributed by atoms with van der Waals surface area (Å²) >= 11 is 0. The lowest BCUT2D eigenvalue weighted by atomic mass is 10.4. The molecule has 1 aromatic rings. The lowest BCUT2D eigenvalue weighted by molar-refractivity contribution is 0.282. The van der Waals surface area contributed by atoms with Crippen molar-refractivity contribution in [3.63, 3.8) is 0 Å². The number of aromatic nitrogens is 2. The molecule has 1 aromatic heterocycles. The molecule has 5 heteroatoms. The standard InChI is InChI=1S/C8H11FN2O2/c1-2-3-4-13-8-10-5-6(9)7(12)11-8/h5H,2-4H2,1H3,(H,10,11,12). The zero-order valence-corrected chi connectivity index (χ0v) is 7.34. The van der Waals surface area contributed by atoms with E-state index < -0.39 is 11.4 Å². The van der Waals surface area contributed by atoms with Crippen molar-refractivity contribution >= 4 is 0 Å². The molecular formula is C8H11FN2O2. The number of rotatable bonds is 4. The van der Waals surface area contributed by atoms with E-state index in [4.69, 9.17) is 4.74 Å². The number of hydrogen-bond donors (Lipinski definition) is 1. The van der Waals surface area contributed by atoms with Crippen LogP contribution in [-0.4, -0.2) is 16.6 Å². The van der Waals surface area contributed by atoms with Gasteiger partial charge in [0.05, 0.1) is 12.8 Å². The highest BCUT2D eigenvalue weighted by Gasteiger charge is 2.00. The molecular weight excluding hydrogens is 175 g/mol. The number of ether oxygens (including phenoxy) is 1. The Morgan fingerprint density at radius 3 is 3.08 bits per heavy atom. The van der Waals surface area contributed by atoms with Crippen LogP contribution in [0.1, 0.15) is 19.8 Å². The highest BCUT2D eigenvalue weighted by molar-refractivity contribution is 4.96. The molecule has 1 heterocycles. The largest absolute Gasteiger partial charge is 0.465 e. The summed E-state index contributed by atoms with van der Waals surface area (Å²) in [6, 6.07) is 0.0693. The van der Waals surface area contributed by atoms with E-state index in [1.54, 1.807) is 0 Å². The molecule has 0 saturated carbocycles. The molecule has 0 unspecified atom stereocenters. The Kier molecular flexibility index (Phi) is 3.42. The lowest BCUT2D eigenvalue weighted by Crippen LogP contribution is -2.13. The van der Waals surface area contributed by atoms with Crippen molar-refractivity contribution in [2.75, 3.05) is 6.61 Å². The normalized spacial score (nSPS) is 10.0. The number of nitrogens with zero attached hydrogens (tertiary/aromatic N) is 1. The monoisotopic (exact) mass is 186 g/mol. The molecule has 0 atom stereocenters. The average Bonchev–Trinajstić information content (AvgIpc) is 2.12. The van der Waals surface area contributed by atoms with Crippen molar-refractivity contribution in [3.05, 3.63) is 22.4 Å². The molecule has 72 valence electrons. The highest BCUT2D eigenvalue weighted by Crippen LogP contribution is 1.98. The van der Waals surface area contributed by atoms with E-state index in [0.29, 0.717) is 6.61 Å². The summed E-state index contributed by atoms with van der Waals surface area (Å²) in [5.74, 6) is -0.900. The van der Waals surface area contributed by atoms with Gasteiger partial charge in [0.2, 0.25) is 5.82 Å². The van der Waals surface area contributed by atoms with Gasteiger partial charge in [-0.1, -0.05) is 13.3 Å². The fourth-order valence-electron chi connectivity index (χ4n) is 0.750. The van der Waals surface area contributed by atoms with E-state index >= 15 is 0 Å². The second-order valence-electron chi connectivity index (χ2n) is 2.57. The Morgan fingerprint density at radius 2 is 2.46 bits per heavy atom. The minimum absolute atomic E-state index is 0.0693. The van der Waals surface area contributed by atoms with Crippen LogP contribution in [0, 0.1) is 5.82 Å². The van der Waals surface area contributed by atoms with Crippen LogP contribution in [-0.2, 0) is 0 Å². The molecule has 0 amide bonds. The van der Waals surface area contributed by atoms with Gasteiger partial charge in [-0.25, -0.2) is 4.98 Å². The molecule has 0 aliphatic rings. The van der Waals surface area contributed by atoms with Crippen molar-refractivity contribution in [1.29, 1.82) is 0 Å². The summed E-state index contributed by atoms with van der Waals surface area (Å²) in [4.78, 5) is 16.5. The van der Waals surface area contributed by atoms with E-state index in [1.165, 1.54) is 0 Å². The average molecular weight is 186 g/mol. The van der Waals surface area contributed by atoms with Gasteiger partial charge in [-0.2, -0.15) is 4.39 Å². The Hall–Kier alpha value is -1.39. The van der Waals surface area contributed by atoms with Crippen molar-refractivity contribution in [3.8, 4) is 6.01 Å². The first kappa shape index (κ1) is 9.70. The van der Waals surface area contributed by atoms with Gasteiger partial charge >= 0.3 is 0 Å². The molecule has 4 nitrogen and oxygen atoms in total. The van der Waals surface area contributed by atoms with Gasteiger partial charge in [-0.05, 0) is 6.42 Å². The van der Waals surface area contributed by atoms with Gasteiger partial charge in [-0.15, -0.1) is 0 Å². The quantitative estimate of drug-likeness (QED) is 0.716. The molecule has 0 fully saturated rings.